The number of hydrogen-bond acceptors (Lipinski definition) is 2. The van der Waals surface area contributed by atoms with Crippen LogP contribution < -0.4 is 5.32 Å². The molecule has 0 radical (unpaired) electrons. The largest absolute Gasteiger partial charge is 0.396 e. The molecule has 0 fully saturated rings. The third kappa shape index (κ3) is 3.80. The zero-order valence-corrected chi connectivity index (χ0v) is 10.4. The summed E-state index contributed by atoms with van der Waals surface area (Å²) in [6.07, 6.45) is 0. The number of hydrogen-bond donors (Lipinski definition) is 2. The zero-order valence-electron chi connectivity index (χ0n) is 8.85. The quantitative estimate of drug-likeness (QED) is 0.886. The molecule has 4 heteroatoms. The molecular weight excluding hydrogens is 261 g/mol. The highest BCUT2D eigenvalue weighted by atomic mass is 79.9. The van der Waals surface area contributed by atoms with Crippen LogP contribution >= 0.6 is 15.9 Å². The summed E-state index contributed by atoms with van der Waals surface area (Å²) in [5.41, 5.74) is 0.208. The number of aliphatic hydroxyl groups is 1. The highest BCUT2D eigenvalue weighted by Gasteiger charge is 2.16. The molecular formula is C11H15BrFNO. The lowest BCUT2D eigenvalue weighted by molar-refractivity contribution is 0.170. The highest BCUT2D eigenvalue weighted by Crippen LogP contribution is 2.21. The lowest BCUT2D eigenvalue weighted by atomic mass is 9.95. The van der Waals surface area contributed by atoms with Crippen LogP contribution in [0.15, 0.2) is 22.7 Å². The van der Waals surface area contributed by atoms with Crippen LogP contribution in [0, 0.1) is 11.2 Å². The third-order valence-corrected chi connectivity index (χ3v) is 2.61. The monoisotopic (exact) mass is 275 g/mol. The molecule has 1 rings (SSSR count). The van der Waals surface area contributed by atoms with Crippen LogP contribution in [0.5, 0.6) is 0 Å². The second-order valence-electron chi connectivity index (χ2n) is 4.30. The van der Waals surface area contributed by atoms with Crippen molar-refractivity contribution in [1.29, 1.82) is 0 Å². The predicted octanol–water partition coefficient (Wildman–Crippen LogP) is 3.02. The smallest absolute Gasteiger partial charge is 0.147 e. The molecule has 0 aliphatic carbocycles. The first-order valence-corrected chi connectivity index (χ1v) is 5.54. The summed E-state index contributed by atoms with van der Waals surface area (Å²) in [5, 5.41) is 12.0. The zero-order chi connectivity index (χ0) is 11.5. The molecule has 84 valence electrons. The van der Waals surface area contributed by atoms with Gasteiger partial charge in [-0.3, -0.25) is 0 Å². The molecule has 15 heavy (non-hydrogen) atoms. The summed E-state index contributed by atoms with van der Waals surface area (Å²) in [6, 6.07) is 4.86. The minimum absolute atomic E-state index is 0.0676. The van der Waals surface area contributed by atoms with Gasteiger partial charge in [0.25, 0.3) is 0 Å². The maximum Gasteiger partial charge on any atom is 0.147 e. The topological polar surface area (TPSA) is 32.3 Å². The maximum atomic E-state index is 13.4. The van der Waals surface area contributed by atoms with Crippen LogP contribution in [0.2, 0.25) is 0 Å². The fourth-order valence-electron chi connectivity index (χ4n) is 1.02. The second kappa shape index (κ2) is 4.94. The highest BCUT2D eigenvalue weighted by molar-refractivity contribution is 9.10. The first-order valence-electron chi connectivity index (χ1n) is 4.74. The van der Waals surface area contributed by atoms with Gasteiger partial charge in [-0.2, -0.15) is 0 Å². The number of anilines is 1. The van der Waals surface area contributed by atoms with E-state index in [9.17, 15) is 4.39 Å². The van der Waals surface area contributed by atoms with Crippen molar-refractivity contribution in [2.24, 2.45) is 5.41 Å². The van der Waals surface area contributed by atoms with Crippen molar-refractivity contribution in [2.45, 2.75) is 13.8 Å². The summed E-state index contributed by atoms with van der Waals surface area (Å²) in [6.45, 7) is 4.42. The molecule has 1 aromatic carbocycles. The Labute approximate surface area is 97.6 Å². The van der Waals surface area contributed by atoms with Gasteiger partial charge in [0.2, 0.25) is 0 Å². The molecule has 0 amide bonds. The van der Waals surface area contributed by atoms with Crippen molar-refractivity contribution in [3.63, 3.8) is 0 Å². The molecule has 0 atom stereocenters. The van der Waals surface area contributed by atoms with Crippen LogP contribution in [-0.4, -0.2) is 18.3 Å². The van der Waals surface area contributed by atoms with Crippen LogP contribution in [0.4, 0.5) is 10.1 Å². The molecule has 0 spiro atoms. The number of aliphatic hydroxyl groups excluding tert-OH is 1. The Bertz CT molecular complexity index is 341. The van der Waals surface area contributed by atoms with Crippen LogP contribution in [-0.2, 0) is 0 Å². The second-order valence-corrected chi connectivity index (χ2v) is 5.22. The number of benzene rings is 1. The summed E-state index contributed by atoms with van der Waals surface area (Å²) < 4.78 is 14.1. The normalized spacial score (nSPS) is 11.5. The minimum Gasteiger partial charge on any atom is -0.396 e. The molecule has 1 aromatic rings. The van der Waals surface area contributed by atoms with Gasteiger partial charge in [0.15, 0.2) is 0 Å². The Hall–Kier alpha value is -0.610. The number of nitrogens with one attached hydrogen (secondary N) is 1. The average molecular weight is 276 g/mol. The summed E-state index contributed by atoms with van der Waals surface area (Å²) >= 11 is 3.19. The molecule has 0 heterocycles. The van der Waals surface area contributed by atoms with E-state index in [4.69, 9.17) is 5.11 Å². The van der Waals surface area contributed by atoms with Crippen molar-refractivity contribution in [1.82, 2.24) is 0 Å². The van der Waals surface area contributed by atoms with Crippen LogP contribution in [0.1, 0.15) is 13.8 Å². The summed E-state index contributed by atoms with van der Waals surface area (Å²) in [5.74, 6) is -0.293. The Morgan fingerprint density at radius 1 is 1.47 bits per heavy atom. The molecule has 0 aliphatic rings. The average Bonchev–Trinajstić information content (AvgIpc) is 2.16. The van der Waals surface area contributed by atoms with E-state index in [0.29, 0.717) is 16.7 Å². The molecule has 0 bridgehead atoms. The lowest BCUT2D eigenvalue weighted by Gasteiger charge is -2.22. The van der Waals surface area contributed by atoms with E-state index in [2.05, 4.69) is 21.2 Å². The van der Waals surface area contributed by atoms with Crippen molar-refractivity contribution in [3.05, 3.63) is 28.5 Å². The molecule has 0 unspecified atom stereocenters. The Kier molecular flexibility index (Phi) is 4.11. The van der Waals surface area contributed by atoms with Gasteiger partial charge in [-0.05, 0) is 18.2 Å². The van der Waals surface area contributed by atoms with Crippen LogP contribution in [0.3, 0.4) is 0 Å². The van der Waals surface area contributed by atoms with Gasteiger partial charge >= 0.3 is 0 Å². The third-order valence-electron chi connectivity index (χ3n) is 2.12. The predicted molar refractivity (Wildman–Crippen MR) is 63.5 cm³/mol. The fraction of sp³-hybridized carbons (Fsp3) is 0.455. The van der Waals surface area contributed by atoms with Gasteiger partial charge in [0.1, 0.15) is 5.82 Å². The molecule has 0 aliphatic heterocycles. The summed E-state index contributed by atoms with van der Waals surface area (Å²) in [4.78, 5) is 0. The van der Waals surface area contributed by atoms with Crippen molar-refractivity contribution >= 4 is 21.6 Å². The van der Waals surface area contributed by atoms with Crippen molar-refractivity contribution < 1.29 is 9.50 Å². The van der Waals surface area contributed by atoms with Crippen LogP contribution in [0.25, 0.3) is 0 Å². The van der Waals surface area contributed by atoms with E-state index in [1.165, 1.54) is 6.07 Å². The molecule has 0 saturated heterocycles. The van der Waals surface area contributed by atoms with Gasteiger partial charge in [-0.25, -0.2) is 4.39 Å². The van der Waals surface area contributed by atoms with Crippen molar-refractivity contribution in [2.75, 3.05) is 18.5 Å². The van der Waals surface area contributed by atoms with Gasteiger partial charge in [0.05, 0.1) is 5.69 Å². The fourth-order valence-corrected chi connectivity index (χ4v) is 1.36. The number of rotatable bonds is 4. The van der Waals surface area contributed by atoms with E-state index in [1.54, 1.807) is 12.1 Å². The van der Waals surface area contributed by atoms with Gasteiger partial charge < -0.3 is 10.4 Å². The van der Waals surface area contributed by atoms with E-state index in [-0.39, 0.29) is 17.8 Å². The first kappa shape index (κ1) is 12.5. The number of halogens is 2. The molecule has 2 N–H and O–H groups in total. The Morgan fingerprint density at radius 3 is 2.67 bits per heavy atom. The maximum absolute atomic E-state index is 13.4. The van der Waals surface area contributed by atoms with Crippen molar-refractivity contribution in [3.8, 4) is 0 Å². The van der Waals surface area contributed by atoms with Gasteiger partial charge in [0, 0.05) is 23.0 Å². The van der Waals surface area contributed by atoms with E-state index in [1.807, 2.05) is 13.8 Å². The van der Waals surface area contributed by atoms with Gasteiger partial charge in [-0.15, -0.1) is 0 Å². The van der Waals surface area contributed by atoms with E-state index in [0.717, 1.165) is 0 Å². The Morgan fingerprint density at radius 2 is 2.13 bits per heavy atom. The molecule has 2 nitrogen and oxygen atoms in total. The first-order chi connectivity index (χ1) is 6.94. The SMILES string of the molecule is CC(C)(CO)CNc1ccc(Br)cc1F. The van der Waals surface area contributed by atoms with E-state index >= 15 is 0 Å². The Balaban J connectivity index is 2.66. The molecule has 0 saturated carbocycles. The summed E-state index contributed by atoms with van der Waals surface area (Å²) in [7, 11) is 0. The minimum atomic E-state index is -0.293. The van der Waals surface area contributed by atoms with Gasteiger partial charge in [-0.1, -0.05) is 29.8 Å². The lowest BCUT2D eigenvalue weighted by Crippen LogP contribution is -2.27. The van der Waals surface area contributed by atoms with E-state index < -0.39 is 0 Å². The molecule has 0 aromatic heterocycles. The standard InChI is InChI=1S/C11H15BrFNO/c1-11(2,7-15)6-14-10-4-3-8(12)5-9(10)13/h3-5,14-15H,6-7H2,1-2H3.